The predicted octanol–water partition coefficient (Wildman–Crippen LogP) is 2.86. The van der Waals surface area contributed by atoms with Gasteiger partial charge in [0.25, 0.3) is 0 Å². The van der Waals surface area contributed by atoms with Crippen LogP contribution in [0.3, 0.4) is 0 Å². The van der Waals surface area contributed by atoms with Crippen LogP contribution in [-0.4, -0.2) is 30.8 Å². The SMILES string of the molecule is C[N+](C)(C)c1ccc(Nc2nn3ccccc3c2N)cc1. The molecule has 3 aromatic rings. The zero-order chi connectivity index (χ0) is 15.0. The van der Waals surface area contributed by atoms with Crippen molar-refractivity contribution in [3.63, 3.8) is 0 Å². The third-order valence-corrected chi connectivity index (χ3v) is 3.48. The van der Waals surface area contributed by atoms with Gasteiger partial charge in [0.1, 0.15) is 11.4 Å². The molecule has 5 nitrogen and oxygen atoms in total. The fourth-order valence-corrected chi connectivity index (χ4v) is 2.24. The normalized spacial score (nSPS) is 11.8. The number of pyridine rings is 1. The van der Waals surface area contributed by atoms with Crippen molar-refractivity contribution < 1.29 is 0 Å². The fourth-order valence-electron chi connectivity index (χ4n) is 2.24. The predicted molar refractivity (Wildman–Crippen MR) is 88.9 cm³/mol. The minimum Gasteiger partial charge on any atom is -0.394 e. The number of nitrogen functional groups attached to an aromatic ring is 1. The molecule has 0 bridgehead atoms. The third-order valence-electron chi connectivity index (χ3n) is 3.48. The van der Waals surface area contributed by atoms with Crippen LogP contribution in [0.5, 0.6) is 0 Å². The van der Waals surface area contributed by atoms with E-state index in [1.165, 1.54) is 5.69 Å². The van der Waals surface area contributed by atoms with E-state index < -0.39 is 0 Å². The lowest BCUT2D eigenvalue weighted by molar-refractivity contribution is 0.486. The van der Waals surface area contributed by atoms with Gasteiger partial charge in [-0.1, -0.05) is 6.07 Å². The van der Waals surface area contributed by atoms with Crippen LogP contribution in [-0.2, 0) is 0 Å². The summed E-state index contributed by atoms with van der Waals surface area (Å²) in [7, 11) is 6.42. The number of nitrogens with two attached hydrogens (primary N) is 1. The van der Waals surface area contributed by atoms with Gasteiger partial charge in [0.15, 0.2) is 5.82 Å². The Morgan fingerprint density at radius 2 is 1.76 bits per heavy atom. The summed E-state index contributed by atoms with van der Waals surface area (Å²) in [4.78, 5) is 0. The van der Waals surface area contributed by atoms with E-state index >= 15 is 0 Å². The molecule has 0 saturated heterocycles. The number of aromatic nitrogens is 2. The smallest absolute Gasteiger partial charge is 0.176 e. The Morgan fingerprint density at radius 3 is 2.38 bits per heavy atom. The van der Waals surface area contributed by atoms with Crippen molar-refractivity contribution >= 4 is 28.4 Å². The molecule has 0 aliphatic heterocycles. The zero-order valence-corrected chi connectivity index (χ0v) is 12.5. The average Bonchev–Trinajstić information content (AvgIpc) is 2.76. The van der Waals surface area contributed by atoms with Crippen molar-refractivity contribution in [2.75, 3.05) is 32.2 Å². The Hall–Kier alpha value is -2.53. The second kappa shape index (κ2) is 4.79. The van der Waals surface area contributed by atoms with Crippen molar-refractivity contribution in [1.82, 2.24) is 14.1 Å². The first-order valence-electron chi connectivity index (χ1n) is 6.87. The van der Waals surface area contributed by atoms with Crippen LogP contribution in [0.4, 0.5) is 22.9 Å². The van der Waals surface area contributed by atoms with Crippen molar-refractivity contribution in [1.29, 1.82) is 0 Å². The van der Waals surface area contributed by atoms with Gasteiger partial charge < -0.3 is 11.1 Å². The number of fused-ring (bicyclic) bond motifs is 1. The number of rotatable bonds is 3. The quantitative estimate of drug-likeness (QED) is 0.726. The number of anilines is 3. The van der Waals surface area contributed by atoms with Gasteiger partial charge in [-0.2, -0.15) is 0 Å². The molecular formula is C16H20N5+. The van der Waals surface area contributed by atoms with Gasteiger partial charge >= 0.3 is 0 Å². The second-order valence-corrected chi connectivity index (χ2v) is 5.98. The molecule has 2 heterocycles. The highest BCUT2D eigenvalue weighted by Crippen LogP contribution is 2.27. The van der Waals surface area contributed by atoms with Crippen molar-refractivity contribution in [2.24, 2.45) is 0 Å². The van der Waals surface area contributed by atoms with Gasteiger partial charge in [-0.05, 0) is 24.3 Å². The Bertz CT molecular complexity index is 765. The first-order valence-corrected chi connectivity index (χ1v) is 6.87. The topological polar surface area (TPSA) is 55.4 Å². The summed E-state index contributed by atoms with van der Waals surface area (Å²) in [6.45, 7) is 0. The fraction of sp³-hybridized carbons (Fsp3) is 0.188. The number of nitrogens with zero attached hydrogens (tertiary/aromatic N) is 3. The molecule has 108 valence electrons. The first-order chi connectivity index (χ1) is 9.95. The lowest BCUT2D eigenvalue weighted by atomic mass is 10.2. The summed E-state index contributed by atoms with van der Waals surface area (Å²) in [5.74, 6) is 0.680. The largest absolute Gasteiger partial charge is 0.394 e. The van der Waals surface area contributed by atoms with E-state index in [0.717, 1.165) is 15.7 Å². The summed E-state index contributed by atoms with van der Waals surface area (Å²) >= 11 is 0. The molecule has 0 aliphatic carbocycles. The highest BCUT2D eigenvalue weighted by Gasteiger charge is 2.12. The van der Waals surface area contributed by atoms with Crippen LogP contribution in [0, 0.1) is 0 Å². The molecule has 21 heavy (non-hydrogen) atoms. The van der Waals surface area contributed by atoms with E-state index in [2.05, 4.69) is 43.7 Å². The second-order valence-electron chi connectivity index (χ2n) is 5.98. The molecule has 3 N–H and O–H groups in total. The van der Waals surface area contributed by atoms with Crippen LogP contribution in [0.15, 0.2) is 48.7 Å². The number of quaternary nitrogens is 1. The molecular weight excluding hydrogens is 262 g/mol. The van der Waals surface area contributed by atoms with Crippen LogP contribution >= 0.6 is 0 Å². The highest BCUT2D eigenvalue weighted by atomic mass is 15.3. The minimum absolute atomic E-state index is 0.659. The van der Waals surface area contributed by atoms with Crippen molar-refractivity contribution in [3.05, 3.63) is 48.7 Å². The van der Waals surface area contributed by atoms with Gasteiger partial charge in [0, 0.05) is 24.0 Å². The average molecular weight is 282 g/mol. The molecule has 5 heteroatoms. The molecule has 0 amide bonds. The van der Waals surface area contributed by atoms with Gasteiger partial charge in [-0.15, -0.1) is 5.10 Å². The van der Waals surface area contributed by atoms with E-state index in [9.17, 15) is 0 Å². The molecule has 0 aliphatic rings. The Balaban J connectivity index is 1.90. The molecule has 0 radical (unpaired) electrons. The van der Waals surface area contributed by atoms with E-state index in [0.29, 0.717) is 11.5 Å². The first kappa shape index (κ1) is 13.5. The number of hydrogen-bond donors (Lipinski definition) is 2. The van der Waals surface area contributed by atoms with Crippen molar-refractivity contribution in [3.8, 4) is 0 Å². The lowest BCUT2D eigenvalue weighted by Gasteiger charge is -2.23. The van der Waals surface area contributed by atoms with Crippen LogP contribution in [0.1, 0.15) is 0 Å². The van der Waals surface area contributed by atoms with E-state index in [1.54, 1.807) is 4.52 Å². The number of nitrogens with one attached hydrogen (secondary N) is 1. The van der Waals surface area contributed by atoms with Crippen LogP contribution in [0.25, 0.3) is 5.52 Å². The Labute approximate surface area is 124 Å². The summed E-state index contributed by atoms with van der Waals surface area (Å²) in [6.07, 6.45) is 1.89. The van der Waals surface area contributed by atoms with Crippen LogP contribution in [0.2, 0.25) is 0 Å². The van der Waals surface area contributed by atoms with E-state index in [-0.39, 0.29) is 0 Å². The number of benzene rings is 1. The monoisotopic (exact) mass is 282 g/mol. The Kier molecular flexibility index (Phi) is 3.07. The van der Waals surface area contributed by atoms with Crippen molar-refractivity contribution in [2.45, 2.75) is 0 Å². The number of hydrogen-bond acceptors (Lipinski definition) is 3. The molecule has 2 aromatic heterocycles. The van der Waals surface area contributed by atoms with Gasteiger partial charge in [0.2, 0.25) is 0 Å². The molecule has 3 rings (SSSR count). The standard InChI is InChI=1S/C16H20N5/c1-21(2,3)13-9-7-12(8-10-13)18-16-15(17)14-6-4-5-11-20(14)19-16/h4-11H,17H2,1-3H3,(H,18,19)/q+1. The van der Waals surface area contributed by atoms with E-state index in [4.69, 9.17) is 5.73 Å². The maximum absolute atomic E-state index is 6.14. The Morgan fingerprint density at radius 1 is 1.05 bits per heavy atom. The van der Waals surface area contributed by atoms with Gasteiger partial charge in [-0.3, -0.25) is 4.48 Å². The lowest BCUT2D eigenvalue weighted by Crippen LogP contribution is -2.34. The maximum atomic E-state index is 6.14. The summed E-state index contributed by atoms with van der Waals surface area (Å²) < 4.78 is 2.56. The van der Waals surface area contributed by atoms with E-state index in [1.807, 2.05) is 36.5 Å². The van der Waals surface area contributed by atoms with Gasteiger partial charge in [-0.25, -0.2) is 4.52 Å². The zero-order valence-electron chi connectivity index (χ0n) is 12.5. The summed E-state index contributed by atoms with van der Waals surface area (Å²) in [5.41, 5.74) is 9.91. The van der Waals surface area contributed by atoms with Crippen LogP contribution < -0.4 is 15.5 Å². The molecule has 0 fully saturated rings. The molecule has 0 saturated carbocycles. The maximum Gasteiger partial charge on any atom is 0.176 e. The molecule has 0 spiro atoms. The third kappa shape index (κ3) is 2.55. The summed E-state index contributed by atoms with van der Waals surface area (Å²) in [5, 5.41) is 7.73. The minimum atomic E-state index is 0.659. The highest BCUT2D eigenvalue weighted by molar-refractivity contribution is 5.83. The molecule has 0 atom stereocenters. The summed E-state index contributed by atoms with van der Waals surface area (Å²) in [6, 6.07) is 14.1. The molecule has 0 unspecified atom stereocenters. The molecule has 1 aromatic carbocycles. The van der Waals surface area contributed by atoms with Gasteiger partial charge in [0.05, 0.1) is 26.7 Å².